The summed E-state index contributed by atoms with van der Waals surface area (Å²) in [5.41, 5.74) is 5.44. The third kappa shape index (κ3) is 3.76. The molecule has 152 valence electrons. The highest BCUT2D eigenvalue weighted by molar-refractivity contribution is 7.19. The largest absolute Gasteiger partial charge is 0.370 e. The lowest BCUT2D eigenvalue weighted by Crippen LogP contribution is -2.05. The van der Waals surface area contributed by atoms with E-state index < -0.39 is 0 Å². The van der Waals surface area contributed by atoms with Gasteiger partial charge in [-0.1, -0.05) is 11.3 Å². The molecule has 29 heavy (non-hydrogen) atoms. The first-order chi connectivity index (χ1) is 14.0. The van der Waals surface area contributed by atoms with E-state index in [4.69, 9.17) is 5.10 Å². The van der Waals surface area contributed by atoms with Crippen molar-refractivity contribution in [3.63, 3.8) is 0 Å². The van der Waals surface area contributed by atoms with Crippen LogP contribution in [0.2, 0.25) is 0 Å². The highest BCUT2D eigenvalue weighted by Gasteiger charge is 2.28. The van der Waals surface area contributed by atoms with Gasteiger partial charge in [-0.25, -0.2) is 9.97 Å². The van der Waals surface area contributed by atoms with E-state index in [0.29, 0.717) is 5.13 Å². The van der Waals surface area contributed by atoms with E-state index in [0.717, 1.165) is 59.1 Å². The Morgan fingerprint density at radius 3 is 2.79 bits per heavy atom. The van der Waals surface area contributed by atoms with Crippen LogP contribution in [0.25, 0.3) is 21.8 Å². The van der Waals surface area contributed by atoms with Crippen LogP contribution < -0.4 is 10.6 Å². The first kappa shape index (κ1) is 19.6. The molecule has 3 aromatic heterocycles. The van der Waals surface area contributed by atoms with Crippen molar-refractivity contribution in [2.45, 2.75) is 53.0 Å². The van der Waals surface area contributed by atoms with Crippen molar-refractivity contribution in [3.8, 4) is 21.8 Å². The van der Waals surface area contributed by atoms with Crippen molar-refractivity contribution >= 4 is 28.2 Å². The molecular formula is C21H26N6OS. The van der Waals surface area contributed by atoms with Crippen molar-refractivity contribution < 1.29 is 4.79 Å². The molecule has 0 spiro atoms. The number of pyridine rings is 1. The molecule has 4 rings (SSSR count). The maximum absolute atomic E-state index is 11.5. The maximum atomic E-state index is 11.5. The van der Waals surface area contributed by atoms with E-state index in [1.54, 1.807) is 0 Å². The standard InChI is InChI=1S/C21H26N6OS/c1-5-22-17-10-9-14(11-23-17)18-15-7-6-8-16-20(19(15)27(26-18)12(2)3)29-21(25-16)24-13(4)28/h9-12H,5-8H2,1-4H3,(H,22,23)(H,24,25,28). The van der Waals surface area contributed by atoms with E-state index in [-0.39, 0.29) is 11.9 Å². The number of amides is 1. The summed E-state index contributed by atoms with van der Waals surface area (Å²) in [5.74, 6) is 0.773. The van der Waals surface area contributed by atoms with Crippen LogP contribution >= 0.6 is 11.3 Å². The maximum Gasteiger partial charge on any atom is 0.223 e. The molecule has 0 aromatic carbocycles. The predicted octanol–water partition coefficient (Wildman–Crippen LogP) is 4.53. The second-order valence-corrected chi connectivity index (χ2v) is 8.51. The quantitative estimate of drug-likeness (QED) is 0.646. The fourth-order valence-electron chi connectivity index (χ4n) is 3.71. The second kappa shape index (κ2) is 7.94. The van der Waals surface area contributed by atoms with Gasteiger partial charge in [-0.15, -0.1) is 0 Å². The summed E-state index contributed by atoms with van der Waals surface area (Å²) in [6.45, 7) is 8.70. The number of carbonyl (C=O) groups is 1. The van der Waals surface area contributed by atoms with Gasteiger partial charge in [-0.3, -0.25) is 9.48 Å². The van der Waals surface area contributed by atoms with E-state index in [1.807, 2.05) is 12.3 Å². The topological polar surface area (TPSA) is 84.7 Å². The van der Waals surface area contributed by atoms with Gasteiger partial charge in [-0.2, -0.15) is 5.10 Å². The average Bonchev–Trinajstić information content (AvgIpc) is 3.19. The van der Waals surface area contributed by atoms with Gasteiger partial charge in [0.2, 0.25) is 5.91 Å². The van der Waals surface area contributed by atoms with Gasteiger partial charge in [0.1, 0.15) is 5.82 Å². The van der Waals surface area contributed by atoms with Gasteiger partial charge in [0.25, 0.3) is 0 Å². The smallest absolute Gasteiger partial charge is 0.223 e. The molecule has 1 aliphatic rings. The summed E-state index contributed by atoms with van der Waals surface area (Å²) >= 11 is 1.54. The lowest BCUT2D eigenvalue weighted by atomic mass is 10.0. The van der Waals surface area contributed by atoms with Gasteiger partial charge in [0, 0.05) is 36.8 Å². The minimum atomic E-state index is -0.0981. The SMILES string of the molecule is CCNc1ccc(-c2nn(C(C)C)c3c2CCCc2nc(NC(C)=O)sc2-3)cn1. The number of aromatic nitrogens is 4. The number of anilines is 2. The van der Waals surface area contributed by atoms with Crippen LogP contribution in [0.1, 0.15) is 51.4 Å². The van der Waals surface area contributed by atoms with Crippen molar-refractivity contribution in [1.82, 2.24) is 19.7 Å². The molecular weight excluding hydrogens is 384 g/mol. The Morgan fingerprint density at radius 1 is 1.31 bits per heavy atom. The minimum absolute atomic E-state index is 0.0981. The summed E-state index contributed by atoms with van der Waals surface area (Å²) in [7, 11) is 0. The Morgan fingerprint density at radius 2 is 2.14 bits per heavy atom. The molecule has 0 fully saturated rings. The predicted molar refractivity (Wildman–Crippen MR) is 117 cm³/mol. The van der Waals surface area contributed by atoms with Gasteiger partial charge in [-0.05, 0) is 52.2 Å². The number of nitrogens with one attached hydrogen (secondary N) is 2. The zero-order valence-electron chi connectivity index (χ0n) is 17.2. The molecule has 3 heterocycles. The Balaban J connectivity index is 1.84. The molecule has 8 heteroatoms. The molecule has 1 aliphatic carbocycles. The van der Waals surface area contributed by atoms with Crippen LogP contribution in [0.5, 0.6) is 0 Å². The van der Waals surface area contributed by atoms with Gasteiger partial charge in [0.05, 0.1) is 22.0 Å². The highest BCUT2D eigenvalue weighted by Crippen LogP contribution is 2.43. The number of rotatable bonds is 5. The van der Waals surface area contributed by atoms with Crippen LogP contribution in [0.4, 0.5) is 10.9 Å². The summed E-state index contributed by atoms with van der Waals surface area (Å²) in [4.78, 5) is 21.8. The highest BCUT2D eigenvalue weighted by atomic mass is 32.1. The Kier molecular flexibility index (Phi) is 5.36. The monoisotopic (exact) mass is 410 g/mol. The summed E-state index contributed by atoms with van der Waals surface area (Å²) < 4.78 is 2.10. The number of aryl methyl sites for hydroxylation is 1. The van der Waals surface area contributed by atoms with E-state index in [9.17, 15) is 4.79 Å². The van der Waals surface area contributed by atoms with Crippen LogP contribution in [0.3, 0.4) is 0 Å². The van der Waals surface area contributed by atoms with Gasteiger partial charge < -0.3 is 10.6 Å². The number of nitrogens with zero attached hydrogens (tertiary/aromatic N) is 4. The second-order valence-electron chi connectivity index (χ2n) is 7.51. The molecule has 7 nitrogen and oxygen atoms in total. The first-order valence-electron chi connectivity index (χ1n) is 10.1. The number of hydrogen-bond donors (Lipinski definition) is 2. The molecule has 0 atom stereocenters. The Bertz CT molecular complexity index is 1030. The zero-order valence-corrected chi connectivity index (χ0v) is 18.1. The van der Waals surface area contributed by atoms with Crippen molar-refractivity contribution in [2.24, 2.45) is 0 Å². The summed E-state index contributed by atoms with van der Waals surface area (Å²) in [6.07, 6.45) is 4.75. The van der Waals surface area contributed by atoms with Crippen molar-refractivity contribution in [1.29, 1.82) is 0 Å². The molecule has 0 unspecified atom stereocenters. The van der Waals surface area contributed by atoms with Gasteiger partial charge >= 0.3 is 0 Å². The minimum Gasteiger partial charge on any atom is -0.370 e. The number of carbonyl (C=O) groups excluding carboxylic acids is 1. The fraction of sp³-hybridized carbons (Fsp3) is 0.429. The molecule has 1 amide bonds. The van der Waals surface area contributed by atoms with E-state index in [2.05, 4.69) is 52.1 Å². The number of fused-ring (bicyclic) bond motifs is 3. The summed E-state index contributed by atoms with van der Waals surface area (Å²) in [6, 6.07) is 4.30. The first-order valence-corrected chi connectivity index (χ1v) is 10.9. The van der Waals surface area contributed by atoms with E-state index >= 15 is 0 Å². The fourth-order valence-corrected chi connectivity index (χ4v) is 4.84. The molecule has 3 aromatic rings. The van der Waals surface area contributed by atoms with Crippen LogP contribution in [-0.2, 0) is 17.6 Å². The van der Waals surface area contributed by atoms with Crippen molar-refractivity contribution in [2.75, 3.05) is 17.2 Å². The molecule has 0 saturated heterocycles. The van der Waals surface area contributed by atoms with Crippen LogP contribution in [-0.4, -0.2) is 32.2 Å². The number of hydrogen-bond acceptors (Lipinski definition) is 6. The molecule has 0 radical (unpaired) electrons. The van der Waals surface area contributed by atoms with E-state index in [1.165, 1.54) is 23.8 Å². The number of thiazole rings is 1. The van der Waals surface area contributed by atoms with Crippen LogP contribution in [0.15, 0.2) is 18.3 Å². The summed E-state index contributed by atoms with van der Waals surface area (Å²) in [5, 5.41) is 11.7. The molecule has 2 N–H and O–H groups in total. The molecule has 0 saturated carbocycles. The van der Waals surface area contributed by atoms with Crippen LogP contribution in [0, 0.1) is 0 Å². The molecule has 0 aliphatic heterocycles. The lowest BCUT2D eigenvalue weighted by Gasteiger charge is -2.10. The van der Waals surface area contributed by atoms with Crippen molar-refractivity contribution in [3.05, 3.63) is 29.6 Å². The average molecular weight is 411 g/mol. The lowest BCUT2D eigenvalue weighted by molar-refractivity contribution is -0.114. The Labute approximate surface area is 174 Å². The zero-order chi connectivity index (χ0) is 20.5. The normalized spacial score (nSPS) is 13.0. The Hall–Kier alpha value is -2.74. The third-order valence-corrected chi connectivity index (χ3v) is 5.95. The van der Waals surface area contributed by atoms with Gasteiger partial charge in [0.15, 0.2) is 5.13 Å². The molecule has 0 bridgehead atoms. The third-order valence-electron chi connectivity index (χ3n) is 4.93.